The monoisotopic (exact) mass is 333 g/mol. The highest BCUT2D eigenvalue weighted by Crippen LogP contribution is 2.39. The van der Waals surface area contributed by atoms with E-state index >= 15 is 0 Å². The topological polar surface area (TPSA) is 21.6 Å². The van der Waals surface area contributed by atoms with E-state index in [-0.39, 0.29) is 11.3 Å². The third-order valence-corrected chi connectivity index (χ3v) is 4.06. The number of nitrogens with zero attached hydrogens (tertiary/aromatic N) is 1. The molecule has 3 rings (SSSR count). The second-order valence-electron chi connectivity index (χ2n) is 5.12. The van der Waals surface area contributed by atoms with Gasteiger partial charge in [-0.3, -0.25) is 4.99 Å². The molecule has 0 radical (unpaired) electrons. The Balaban J connectivity index is 2.26. The molecule has 5 heteroatoms. The molecule has 118 valence electrons. The summed E-state index contributed by atoms with van der Waals surface area (Å²) >= 11 is 6.29. The number of allylic oxidation sites excluding steroid dienone is 1. The Kier molecular flexibility index (Phi) is 4.44. The molecule has 0 N–H and O–H groups in total. The molecule has 0 saturated carbocycles. The first-order chi connectivity index (χ1) is 11.1. The highest BCUT2D eigenvalue weighted by molar-refractivity contribution is 6.32. The Hall–Kier alpha value is -2.20. The molecule has 0 spiro atoms. The van der Waals surface area contributed by atoms with Crippen LogP contribution in [0.1, 0.15) is 24.0 Å². The Morgan fingerprint density at radius 1 is 1.13 bits per heavy atom. The zero-order valence-corrected chi connectivity index (χ0v) is 13.2. The van der Waals surface area contributed by atoms with E-state index in [1.54, 1.807) is 31.5 Å². The minimum atomic E-state index is -0.643. The second-order valence-corrected chi connectivity index (χ2v) is 5.53. The van der Waals surface area contributed by atoms with Crippen LogP contribution >= 0.6 is 11.6 Å². The summed E-state index contributed by atoms with van der Waals surface area (Å²) in [5, 5.41) is 0.493. The first-order valence-electron chi connectivity index (χ1n) is 7.15. The standard InChI is InChI=1S/C18H14ClF2NO/c1-23-11-7-8-14(19)13(10-11)12-4-3-9-22-18(12)17-15(20)5-2-6-16(17)21/h2,5-10H,3-4H2,1H3. The van der Waals surface area contributed by atoms with Gasteiger partial charge in [0.05, 0.1) is 18.4 Å². The fourth-order valence-electron chi connectivity index (χ4n) is 2.63. The molecule has 0 amide bonds. The molecule has 0 unspecified atom stereocenters. The number of ether oxygens (including phenoxy) is 1. The van der Waals surface area contributed by atoms with Gasteiger partial charge in [0, 0.05) is 16.8 Å². The van der Waals surface area contributed by atoms with Gasteiger partial charge in [0.2, 0.25) is 0 Å². The predicted molar refractivity (Wildman–Crippen MR) is 88.9 cm³/mol. The van der Waals surface area contributed by atoms with Crippen LogP contribution in [0.3, 0.4) is 0 Å². The maximum absolute atomic E-state index is 14.2. The minimum Gasteiger partial charge on any atom is -0.497 e. The van der Waals surface area contributed by atoms with Gasteiger partial charge in [0.1, 0.15) is 17.4 Å². The van der Waals surface area contributed by atoms with Gasteiger partial charge < -0.3 is 4.74 Å². The van der Waals surface area contributed by atoms with E-state index in [1.807, 2.05) is 0 Å². The quantitative estimate of drug-likeness (QED) is 0.741. The van der Waals surface area contributed by atoms with Crippen molar-refractivity contribution in [1.29, 1.82) is 0 Å². The lowest BCUT2D eigenvalue weighted by Gasteiger charge is -2.18. The lowest BCUT2D eigenvalue weighted by molar-refractivity contribution is 0.414. The Bertz CT molecular complexity index is 794. The van der Waals surface area contributed by atoms with Crippen molar-refractivity contribution in [3.63, 3.8) is 0 Å². The third kappa shape index (κ3) is 2.99. The zero-order chi connectivity index (χ0) is 16.4. The van der Waals surface area contributed by atoms with Crippen LogP contribution in [0.15, 0.2) is 41.4 Å². The average molecular weight is 334 g/mol. The molecule has 2 nitrogen and oxygen atoms in total. The van der Waals surface area contributed by atoms with E-state index in [0.717, 1.165) is 0 Å². The van der Waals surface area contributed by atoms with E-state index < -0.39 is 11.6 Å². The van der Waals surface area contributed by atoms with Crippen molar-refractivity contribution in [2.24, 2.45) is 4.99 Å². The third-order valence-electron chi connectivity index (χ3n) is 3.73. The number of methoxy groups -OCH3 is 1. The highest BCUT2D eigenvalue weighted by Gasteiger charge is 2.21. The Labute approximate surface area is 138 Å². The van der Waals surface area contributed by atoms with Crippen LogP contribution in [0, 0.1) is 11.6 Å². The summed E-state index contributed by atoms with van der Waals surface area (Å²) in [7, 11) is 1.55. The Morgan fingerprint density at radius 3 is 2.57 bits per heavy atom. The molecule has 2 aromatic rings. The molecule has 1 heterocycles. The normalized spacial score (nSPS) is 14.3. The number of halogens is 3. The van der Waals surface area contributed by atoms with Gasteiger partial charge in [0.15, 0.2) is 0 Å². The molecule has 2 aromatic carbocycles. The van der Waals surface area contributed by atoms with Gasteiger partial charge in [-0.25, -0.2) is 8.78 Å². The van der Waals surface area contributed by atoms with Crippen LogP contribution in [0.25, 0.3) is 11.3 Å². The molecular formula is C18H14ClF2NO. The molecule has 0 fully saturated rings. The first-order valence-corrected chi connectivity index (χ1v) is 7.53. The Morgan fingerprint density at radius 2 is 1.87 bits per heavy atom. The molecule has 0 aromatic heterocycles. The van der Waals surface area contributed by atoms with Crippen molar-refractivity contribution < 1.29 is 13.5 Å². The summed E-state index contributed by atoms with van der Waals surface area (Å²) in [5.74, 6) is -0.661. The lowest BCUT2D eigenvalue weighted by Crippen LogP contribution is -2.02. The van der Waals surface area contributed by atoms with Gasteiger partial charge in [0.25, 0.3) is 0 Å². The molecule has 0 atom stereocenters. The van der Waals surface area contributed by atoms with E-state index in [4.69, 9.17) is 16.3 Å². The predicted octanol–water partition coefficient (Wildman–Crippen LogP) is 5.36. The van der Waals surface area contributed by atoms with Crippen molar-refractivity contribution in [1.82, 2.24) is 0 Å². The lowest BCUT2D eigenvalue weighted by atomic mass is 9.93. The number of aliphatic imine (C=N–C) groups is 1. The molecule has 0 saturated heterocycles. The summed E-state index contributed by atoms with van der Waals surface area (Å²) in [6.07, 6.45) is 2.95. The summed E-state index contributed by atoms with van der Waals surface area (Å²) in [6.45, 7) is 0. The van der Waals surface area contributed by atoms with Crippen LogP contribution in [0.4, 0.5) is 8.78 Å². The summed E-state index contributed by atoms with van der Waals surface area (Å²) in [4.78, 5) is 4.25. The fourth-order valence-corrected chi connectivity index (χ4v) is 2.86. The maximum Gasteiger partial charge on any atom is 0.135 e. The molecule has 1 aliphatic rings. The van der Waals surface area contributed by atoms with Crippen molar-refractivity contribution in [2.75, 3.05) is 7.11 Å². The second kappa shape index (κ2) is 6.50. The SMILES string of the molecule is COc1ccc(Cl)c(C2=C(c3c(F)cccc3F)N=CCC2)c1. The van der Waals surface area contributed by atoms with Crippen LogP contribution in [-0.4, -0.2) is 13.3 Å². The van der Waals surface area contributed by atoms with Crippen LogP contribution in [-0.2, 0) is 0 Å². The van der Waals surface area contributed by atoms with Crippen LogP contribution in [0.5, 0.6) is 5.75 Å². The molecule has 23 heavy (non-hydrogen) atoms. The van der Waals surface area contributed by atoms with Crippen LogP contribution < -0.4 is 4.74 Å². The van der Waals surface area contributed by atoms with Crippen molar-refractivity contribution in [2.45, 2.75) is 12.8 Å². The number of benzene rings is 2. The molecule has 1 aliphatic heterocycles. The van der Waals surface area contributed by atoms with E-state index in [0.29, 0.717) is 34.8 Å². The average Bonchev–Trinajstić information content (AvgIpc) is 2.56. The van der Waals surface area contributed by atoms with Gasteiger partial charge in [-0.05, 0) is 48.7 Å². The van der Waals surface area contributed by atoms with E-state index in [2.05, 4.69) is 4.99 Å². The number of hydrogen-bond donors (Lipinski definition) is 0. The fraction of sp³-hybridized carbons (Fsp3) is 0.167. The number of hydrogen-bond acceptors (Lipinski definition) is 2. The smallest absolute Gasteiger partial charge is 0.135 e. The van der Waals surface area contributed by atoms with E-state index in [1.165, 1.54) is 18.2 Å². The first kappa shape index (κ1) is 15.7. The van der Waals surface area contributed by atoms with Crippen molar-refractivity contribution in [3.05, 3.63) is 64.2 Å². The zero-order valence-electron chi connectivity index (χ0n) is 12.4. The molecule has 0 bridgehead atoms. The highest BCUT2D eigenvalue weighted by atomic mass is 35.5. The number of rotatable bonds is 3. The van der Waals surface area contributed by atoms with Crippen molar-refractivity contribution >= 4 is 29.1 Å². The summed E-state index contributed by atoms with van der Waals surface area (Å²) in [5.41, 5.74) is 1.54. The summed E-state index contributed by atoms with van der Waals surface area (Å²) in [6, 6.07) is 8.98. The van der Waals surface area contributed by atoms with Crippen LogP contribution in [0.2, 0.25) is 5.02 Å². The van der Waals surface area contributed by atoms with E-state index in [9.17, 15) is 8.78 Å². The van der Waals surface area contributed by atoms with Gasteiger partial charge in [-0.15, -0.1) is 0 Å². The largest absolute Gasteiger partial charge is 0.497 e. The molecular weight excluding hydrogens is 320 g/mol. The van der Waals surface area contributed by atoms with Gasteiger partial charge in [-0.2, -0.15) is 0 Å². The summed E-state index contributed by atoms with van der Waals surface area (Å²) < 4.78 is 33.5. The van der Waals surface area contributed by atoms with Gasteiger partial charge in [-0.1, -0.05) is 17.7 Å². The maximum atomic E-state index is 14.2. The van der Waals surface area contributed by atoms with Gasteiger partial charge >= 0.3 is 0 Å². The minimum absolute atomic E-state index is 0.127. The molecule has 0 aliphatic carbocycles. The van der Waals surface area contributed by atoms with Crippen molar-refractivity contribution in [3.8, 4) is 5.75 Å².